The number of benzene rings is 1. The van der Waals surface area contributed by atoms with Gasteiger partial charge in [0.15, 0.2) is 0 Å². The molecule has 0 bridgehead atoms. The molecule has 3 rings (SSSR count). The standard InChI is InChI=1S/C15H16FN3O/c16-13(10-4-3-7-18-8-10)9-19-14(17)11-5-1-2-6-12(11)15(19)20/h1-2,5-6,17-18H,3-4,7-9H2. The second-order valence-corrected chi connectivity index (χ2v) is 5.07. The maximum Gasteiger partial charge on any atom is 0.260 e. The van der Waals surface area contributed by atoms with Crippen molar-refractivity contribution in [2.45, 2.75) is 12.8 Å². The van der Waals surface area contributed by atoms with Crippen LogP contribution in [0.2, 0.25) is 0 Å². The Morgan fingerprint density at radius 1 is 1.35 bits per heavy atom. The topological polar surface area (TPSA) is 56.2 Å². The van der Waals surface area contributed by atoms with Crippen LogP contribution in [0.15, 0.2) is 35.7 Å². The van der Waals surface area contributed by atoms with Crippen LogP contribution < -0.4 is 5.32 Å². The highest BCUT2D eigenvalue weighted by Gasteiger charge is 2.33. The molecule has 2 aliphatic heterocycles. The third-order valence-corrected chi connectivity index (χ3v) is 3.78. The van der Waals surface area contributed by atoms with Gasteiger partial charge in [-0.2, -0.15) is 0 Å². The van der Waals surface area contributed by atoms with Crippen molar-refractivity contribution in [1.82, 2.24) is 10.2 Å². The van der Waals surface area contributed by atoms with Crippen LogP contribution >= 0.6 is 0 Å². The zero-order valence-electron chi connectivity index (χ0n) is 11.1. The largest absolute Gasteiger partial charge is 0.313 e. The third-order valence-electron chi connectivity index (χ3n) is 3.78. The van der Waals surface area contributed by atoms with E-state index < -0.39 is 0 Å². The highest BCUT2D eigenvalue weighted by Crippen LogP contribution is 2.25. The highest BCUT2D eigenvalue weighted by molar-refractivity contribution is 6.22. The van der Waals surface area contributed by atoms with Gasteiger partial charge in [-0.25, -0.2) is 4.39 Å². The van der Waals surface area contributed by atoms with Gasteiger partial charge in [0.2, 0.25) is 0 Å². The highest BCUT2D eigenvalue weighted by atomic mass is 19.1. The van der Waals surface area contributed by atoms with Crippen molar-refractivity contribution >= 4 is 11.7 Å². The molecule has 5 heteroatoms. The summed E-state index contributed by atoms with van der Waals surface area (Å²) in [5.74, 6) is -0.488. The van der Waals surface area contributed by atoms with E-state index in [0.29, 0.717) is 23.2 Å². The number of amides is 1. The minimum atomic E-state index is -0.289. The summed E-state index contributed by atoms with van der Waals surface area (Å²) in [5.41, 5.74) is 1.78. The average Bonchev–Trinajstić information content (AvgIpc) is 2.74. The molecule has 1 amide bonds. The molecule has 1 saturated heterocycles. The average molecular weight is 273 g/mol. The van der Waals surface area contributed by atoms with Crippen LogP contribution in [0.1, 0.15) is 28.8 Å². The van der Waals surface area contributed by atoms with Crippen LogP contribution in [0, 0.1) is 5.41 Å². The Hall–Kier alpha value is -2.01. The first-order valence-electron chi connectivity index (χ1n) is 6.75. The molecule has 1 aromatic carbocycles. The first kappa shape index (κ1) is 13.0. The maximum absolute atomic E-state index is 14.3. The van der Waals surface area contributed by atoms with E-state index in [0.717, 1.165) is 19.4 Å². The van der Waals surface area contributed by atoms with Crippen molar-refractivity contribution in [3.8, 4) is 0 Å². The predicted octanol–water partition coefficient (Wildman–Crippen LogP) is 2.07. The molecule has 0 radical (unpaired) electrons. The molecule has 2 aliphatic rings. The van der Waals surface area contributed by atoms with Crippen LogP contribution in [0.4, 0.5) is 4.39 Å². The van der Waals surface area contributed by atoms with E-state index in [4.69, 9.17) is 5.41 Å². The minimum Gasteiger partial charge on any atom is -0.313 e. The van der Waals surface area contributed by atoms with Crippen molar-refractivity contribution in [1.29, 1.82) is 5.41 Å². The molecule has 0 unspecified atom stereocenters. The van der Waals surface area contributed by atoms with Gasteiger partial charge < -0.3 is 5.32 Å². The molecule has 0 atom stereocenters. The maximum atomic E-state index is 14.3. The number of amidine groups is 1. The number of carbonyl (C=O) groups excluding carboxylic acids is 1. The number of fused-ring (bicyclic) bond motifs is 1. The van der Waals surface area contributed by atoms with Gasteiger partial charge in [0.05, 0.1) is 12.1 Å². The van der Waals surface area contributed by atoms with Gasteiger partial charge >= 0.3 is 0 Å². The Morgan fingerprint density at radius 2 is 2.10 bits per heavy atom. The molecule has 0 aromatic heterocycles. The fourth-order valence-corrected chi connectivity index (χ4v) is 2.66. The number of hydrogen-bond acceptors (Lipinski definition) is 3. The van der Waals surface area contributed by atoms with E-state index in [9.17, 15) is 9.18 Å². The summed E-state index contributed by atoms with van der Waals surface area (Å²) >= 11 is 0. The lowest BCUT2D eigenvalue weighted by atomic mass is 10.1. The van der Waals surface area contributed by atoms with Gasteiger partial charge in [0, 0.05) is 12.1 Å². The first-order chi connectivity index (χ1) is 9.68. The van der Waals surface area contributed by atoms with Crippen molar-refractivity contribution in [2.24, 2.45) is 0 Å². The summed E-state index contributed by atoms with van der Waals surface area (Å²) < 4.78 is 14.3. The predicted molar refractivity (Wildman–Crippen MR) is 74.5 cm³/mol. The van der Waals surface area contributed by atoms with Gasteiger partial charge in [-0.05, 0) is 31.0 Å². The SMILES string of the molecule is N=C1c2ccccc2C(=O)N1CC(F)=C1CCCNC1. The van der Waals surface area contributed by atoms with Crippen molar-refractivity contribution in [3.63, 3.8) is 0 Å². The summed E-state index contributed by atoms with van der Waals surface area (Å²) in [7, 11) is 0. The van der Waals surface area contributed by atoms with Crippen molar-refractivity contribution in [3.05, 3.63) is 46.8 Å². The summed E-state index contributed by atoms with van der Waals surface area (Å²) in [4.78, 5) is 13.4. The molecule has 0 saturated carbocycles. The van der Waals surface area contributed by atoms with Gasteiger partial charge in [-0.1, -0.05) is 18.2 Å². The van der Waals surface area contributed by atoms with Crippen LogP contribution in [-0.2, 0) is 0 Å². The van der Waals surface area contributed by atoms with E-state index in [2.05, 4.69) is 5.32 Å². The number of carbonyl (C=O) groups is 1. The molecule has 1 aromatic rings. The Bertz CT molecular complexity index is 566. The lowest BCUT2D eigenvalue weighted by Crippen LogP contribution is -2.33. The Morgan fingerprint density at radius 3 is 2.75 bits per heavy atom. The molecule has 1 fully saturated rings. The summed E-state index contributed by atoms with van der Waals surface area (Å²) in [6, 6.07) is 6.94. The summed E-state index contributed by atoms with van der Waals surface area (Å²) in [6.07, 6.45) is 1.63. The number of halogens is 1. The third kappa shape index (κ3) is 2.14. The Kier molecular flexibility index (Phi) is 3.36. The molecular weight excluding hydrogens is 257 g/mol. The number of hydrogen-bond donors (Lipinski definition) is 2. The van der Waals surface area contributed by atoms with E-state index in [1.807, 2.05) is 0 Å². The van der Waals surface area contributed by atoms with Crippen molar-refractivity contribution in [2.75, 3.05) is 19.6 Å². The molecule has 20 heavy (non-hydrogen) atoms. The van der Waals surface area contributed by atoms with Crippen LogP contribution in [0.3, 0.4) is 0 Å². The van der Waals surface area contributed by atoms with E-state index in [-0.39, 0.29) is 24.1 Å². The normalized spacial score (nSPS) is 21.1. The zero-order valence-corrected chi connectivity index (χ0v) is 11.1. The molecule has 0 aliphatic carbocycles. The van der Waals surface area contributed by atoms with E-state index >= 15 is 0 Å². The first-order valence-corrected chi connectivity index (χ1v) is 6.75. The second kappa shape index (κ2) is 5.17. The molecular formula is C15H16FN3O. The van der Waals surface area contributed by atoms with Crippen LogP contribution in [-0.4, -0.2) is 36.3 Å². The van der Waals surface area contributed by atoms with Crippen LogP contribution in [0.5, 0.6) is 0 Å². The second-order valence-electron chi connectivity index (χ2n) is 5.07. The number of rotatable bonds is 2. The monoisotopic (exact) mass is 273 g/mol. The Labute approximate surface area is 116 Å². The fourth-order valence-electron chi connectivity index (χ4n) is 2.66. The summed E-state index contributed by atoms with van der Waals surface area (Å²) in [5, 5.41) is 11.2. The van der Waals surface area contributed by atoms with Gasteiger partial charge in [-0.3, -0.25) is 15.1 Å². The Balaban J connectivity index is 1.83. The smallest absolute Gasteiger partial charge is 0.260 e. The zero-order chi connectivity index (χ0) is 14.1. The van der Waals surface area contributed by atoms with E-state index in [1.54, 1.807) is 24.3 Å². The quantitative estimate of drug-likeness (QED) is 0.866. The molecule has 0 spiro atoms. The van der Waals surface area contributed by atoms with Gasteiger partial charge in [0.1, 0.15) is 11.7 Å². The molecule has 2 N–H and O–H groups in total. The summed E-state index contributed by atoms with van der Waals surface area (Å²) in [6.45, 7) is 1.30. The van der Waals surface area contributed by atoms with Crippen LogP contribution in [0.25, 0.3) is 0 Å². The van der Waals surface area contributed by atoms with Crippen molar-refractivity contribution < 1.29 is 9.18 Å². The number of piperidine rings is 1. The van der Waals surface area contributed by atoms with Gasteiger partial charge in [0.25, 0.3) is 5.91 Å². The fraction of sp³-hybridized carbons (Fsp3) is 0.333. The van der Waals surface area contributed by atoms with Gasteiger partial charge in [-0.15, -0.1) is 0 Å². The molecule has 2 heterocycles. The van der Waals surface area contributed by atoms with E-state index in [1.165, 1.54) is 4.90 Å². The number of nitrogens with one attached hydrogen (secondary N) is 2. The number of nitrogens with zero attached hydrogens (tertiary/aromatic N) is 1. The molecule has 4 nitrogen and oxygen atoms in total. The minimum absolute atomic E-state index is 0.0881. The lowest BCUT2D eigenvalue weighted by Gasteiger charge is -2.20. The lowest BCUT2D eigenvalue weighted by molar-refractivity contribution is 0.0862. The molecule has 104 valence electrons.